The number of nitroso groups, excluding NO2 is 1. The molecule has 0 fully saturated rings. The standard InChI is InChI=1S/C14H20NO2.BF4/c1-14(2,3)12(10-15-16)9-11-5-7-13(17-4)8-6-11;2-1(3,4)5/h5-9,12H,10H2,1-4H3;/q+1;-1. The molecular weight excluding hydrogens is 301 g/mol. The highest BCUT2D eigenvalue weighted by atomic mass is 19.5. The van der Waals surface area contributed by atoms with E-state index in [1.54, 1.807) is 7.11 Å². The minimum Gasteiger partial charge on any atom is -0.418 e. The third-order valence-corrected chi connectivity index (χ3v) is 2.89. The Hall–Kier alpha value is -1.73. The van der Waals surface area contributed by atoms with Crippen LogP contribution in [0.3, 0.4) is 0 Å². The van der Waals surface area contributed by atoms with Crippen molar-refractivity contribution < 1.29 is 21.7 Å². The summed E-state index contributed by atoms with van der Waals surface area (Å²) in [7, 11) is -4.35. The number of carbonyl (C=O) groups excluding carboxylic acids is 1. The lowest BCUT2D eigenvalue weighted by molar-refractivity contribution is -0.417. The van der Waals surface area contributed by atoms with Crippen LogP contribution in [0.25, 0.3) is 0 Å². The maximum Gasteiger partial charge on any atom is 0.673 e. The second-order valence-corrected chi connectivity index (χ2v) is 5.72. The average molecular weight is 321 g/mol. The number of hydrogen-bond acceptors (Lipinski definition) is 2. The van der Waals surface area contributed by atoms with Gasteiger partial charge in [0.15, 0.2) is 0 Å². The Labute approximate surface area is 127 Å². The molecule has 0 N–H and O–H groups in total. The summed E-state index contributed by atoms with van der Waals surface area (Å²) in [6.45, 7) is 6.66. The van der Waals surface area contributed by atoms with Crippen LogP contribution in [0.4, 0.5) is 17.3 Å². The molecule has 1 aliphatic carbocycles. The van der Waals surface area contributed by atoms with E-state index < -0.39 is 7.25 Å². The summed E-state index contributed by atoms with van der Waals surface area (Å²) in [5.41, 5.74) is 1.13. The van der Waals surface area contributed by atoms with Crippen molar-refractivity contribution in [2.45, 2.75) is 20.8 Å². The SMILES string of the molecule is C[O+]=C1C=CC(=CC(CN=O)C(C)(C)C)C=C1.F[B-](F)(F)F. The molecule has 124 valence electrons. The van der Waals surface area contributed by atoms with Crippen LogP contribution in [0.15, 0.2) is 41.1 Å². The van der Waals surface area contributed by atoms with Crippen molar-refractivity contribution in [3.63, 3.8) is 0 Å². The van der Waals surface area contributed by atoms with Crippen molar-refractivity contribution in [2.24, 2.45) is 16.5 Å². The van der Waals surface area contributed by atoms with Crippen LogP contribution in [-0.4, -0.2) is 26.7 Å². The fourth-order valence-electron chi connectivity index (χ4n) is 1.60. The first kappa shape index (κ1) is 20.3. The monoisotopic (exact) mass is 321 g/mol. The zero-order valence-corrected chi connectivity index (χ0v) is 13.0. The molecule has 0 aliphatic heterocycles. The lowest BCUT2D eigenvalue weighted by Gasteiger charge is -2.26. The largest absolute Gasteiger partial charge is 0.673 e. The highest BCUT2D eigenvalue weighted by molar-refractivity contribution is 6.50. The number of allylic oxidation sites excluding steroid dienone is 5. The van der Waals surface area contributed by atoms with Gasteiger partial charge in [-0.2, -0.15) is 4.91 Å². The van der Waals surface area contributed by atoms with Gasteiger partial charge in [0.1, 0.15) is 0 Å². The van der Waals surface area contributed by atoms with Gasteiger partial charge < -0.3 is 17.3 Å². The Balaban J connectivity index is 0.000000763. The van der Waals surface area contributed by atoms with E-state index in [9.17, 15) is 22.2 Å². The van der Waals surface area contributed by atoms with Crippen LogP contribution in [-0.2, 0) is 4.42 Å². The summed E-state index contributed by atoms with van der Waals surface area (Å²) >= 11 is 0. The molecule has 3 nitrogen and oxygen atoms in total. The predicted molar refractivity (Wildman–Crippen MR) is 81.1 cm³/mol. The second kappa shape index (κ2) is 8.65. The maximum atomic E-state index is 10.5. The molecule has 0 aromatic carbocycles. The number of hydrogen-bond donors (Lipinski definition) is 0. The summed E-state index contributed by atoms with van der Waals surface area (Å²) in [4.78, 5) is 10.5. The molecule has 1 aliphatic rings. The molecule has 0 bridgehead atoms. The van der Waals surface area contributed by atoms with E-state index in [-0.39, 0.29) is 11.3 Å². The van der Waals surface area contributed by atoms with Gasteiger partial charge in [0.05, 0.1) is 6.54 Å². The van der Waals surface area contributed by atoms with Crippen molar-refractivity contribution in [3.8, 4) is 0 Å². The van der Waals surface area contributed by atoms with E-state index in [0.717, 1.165) is 11.4 Å². The van der Waals surface area contributed by atoms with Crippen LogP contribution in [0, 0.1) is 16.2 Å². The molecule has 0 heterocycles. The number of halogens is 4. The predicted octanol–water partition coefficient (Wildman–Crippen LogP) is 4.50. The second-order valence-electron chi connectivity index (χ2n) is 5.72. The Morgan fingerprint density at radius 1 is 1.18 bits per heavy atom. The van der Waals surface area contributed by atoms with Crippen molar-refractivity contribution >= 4 is 13.0 Å². The van der Waals surface area contributed by atoms with Crippen molar-refractivity contribution in [2.75, 3.05) is 13.7 Å². The van der Waals surface area contributed by atoms with Crippen LogP contribution < -0.4 is 0 Å². The van der Waals surface area contributed by atoms with Gasteiger partial charge >= 0.3 is 13.0 Å². The number of rotatable bonds is 3. The quantitative estimate of drug-likeness (QED) is 0.326. The first-order valence-electron chi connectivity index (χ1n) is 6.62. The van der Waals surface area contributed by atoms with E-state index in [0.29, 0.717) is 6.54 Å². The molecule has 22 heavy (non-hydrogen) atoms. The fourth-order valence-corrected chi connectivity index (χ4v) is 1.60. The molecule has 0 radical (unpaired) electrons. The summed E-state index contributed by atoms with van der Waals surface area (Å²) < 4.78 is 44.1. The van der Waals surface area contributed by atoms with Crippen LogP contribution in [0.5, 0.6) is 0 Å². The molecule has 0 amide bonds. The van der Waals surface area contributed by atoms with E-state index >= 15 is 0 Å². The van der Waals surface area contributed by atoms with Crippen LogP contribution in [0.1, 0.15) is 20.8 Å². The molecule has 8 heteroatoms. The van der Waals surface area contributed by atoms with Gasteiger partial charge in [0.25, 0.3) is 7.11 Å². The topological polar surface area (TPSA) is 40.7 Å². The zero-order valence-electron chi connectivity index (χ0n) is 13.0. The molecule has 0 aromatic rings. The third-order valence-electron chi connectivity index (χ3n) is 2.89. The van der Waals surface area contributed by atoms with Crippen molar-refractivity contribution in [1.82, 2.24) is 0 Å². The smallest absolute Gasteiger partial charge is 0.418 e. The lowest BCUT2D eigenvalue weighted by Crippen LogP contribution is -2.21. The minimum atomic E-state index is -6.00. The van der Waals surface area contributed by atoms with Crippen LogP contribution >= 0.6 is 0 Å². The lowest BCUT2D eigenvalue weighted by atomic mass is 9.79. The zero-order chi connectivity index (χ0) is 17.4. The average Bonchev–Trinajstić information content (AvgIpc) is 2.36. The summed E-state index contributed by atoms with van der Waals surface area (Å²) in [5, 5.41) is 3.03. The van der Waals surface area contributed by atoms with Gasteiger partial charge in [-0.25, -0.2) is 0 Å². The Kier molecular flexibility index (Phi) is 7.97. The molecule has 0 saturated heterocycles. The number of ketones is 1. The summed E-state index contributed by atoms with van der Waals surface area (Å²) in [6, 6.07) is 0. The molecule has 0 spiro atoms. The fraction of sp³-hybridized carbons (Fsp3) is 0.500. The summed E-state index contributed by atoms with van der Waals surface area (Å²) in [6.07, 6.45) is 9.91. The summed E-state index contributed by atoms with van der Waals surface area (Å²) in [5.74, 6) is 0.983. The normalized spacial score (nSPS) is 15.8. The first-order valence-corrected chi connectivity index (χ1v) is 6.62. The Morgan fingerprint density at radius 2 is 1.64 bits per heavy atom. The highest BCUT2D eigenvalue weighted by Crippen LogP contribution is 2.29. The third kappa shape index (κ3) is 10.1. The molecular formula is C14H20BF4NO2. The van der Waals surface area contributed by atoms with Crippen molar-refractivity contribution in [1.29, 1.82) is 0 Å². The Bertz CT molecular complexity index is 464. The first-order chi connectivity index (χ1) is 9.97. The molecule has 0 saturated carbocycles. The van der Waals surface area contributed by atoms with E-state index in [1.165, 1.54) is 0 Å². The van der Waals surface area contributed by atoms with Gasteiger partial charge in [0.2, 0.25) is 0 Å². The minimum absolute atomic E-state index is 0.0356. The molecule has 1 atom stereocenters. The van der Waals surface area contributed by atoms with E-state index in [1.807, 2.05) is 24.3 Å². The van der Waals surface area contributed by atoms with Gasteiger partial charge in [-0.15, -0.1) is 0 Å². The molecule has 1 unspecified atom stereocenters. The maximum absolute atomic E-state index is 10.5. The van der Waals surface area contributed by atoms with E-state index in [4.69, 9.17) is 4.42 Å². The van der Waals surface area contributed by atoms with E-state index in [2.05, 4.69) is 32.0 Å². The Morgan fingerprint density at radius 3 is 1.95 bits per heavy atom. The molecule has 1 rings (SSSR count). The molecule has 0 aromatic heterocycles. The van der Waals surface area contributed by atoms with Crippen LogP contribution in [0.2, 0.25) is 0 Å². The van der Waals surface area contributed by atoms with Gasteiger partial charge in [-0.3, -0.25) is 4.42 Å². The van der Waals surface area contributed by atoms with Crippen molar-refractivity contribution in [3.05, 3.63) is 40.9 Å². The highest BCUT2D eigenvalue weighted by Gasteiger charge is 2.23. The van der Waals surface area contributed by atoms with Gasteiger partial charge in [-0.1, -0.05) is 32.0 Å². The van der Waals surface area contributed by atoms with Gasteiger partial charge in [0, 0.05) is 18.1 Å². The van der Waals surface area contributed by atoms with Gasteiger partial charge in [-0.05, 0) is 23.1 Å². The number of nitrogens with zero attached hydrogens (tertiary/aromatic N) is 1.